The van der Waals surface area contributed by atoms with E-state index in [1.165, 1.54) is 40.3 Å². The zero-order valence-corrected chi connectivity index (χ0v) is 36.5. The third-order valence-corrected chi connectivity index (χ3v) is 15.5. The minimum atomic E-state index is -0.196. The van der Waals surface area contributed by atoms with E-state index in [0.29, 0.717) is 18.6 Å². The van der Waals surface area contributed by atoms with Gasteiger partial charge in [0, 0.05) is 110 Å². The molecule has 2 aliphatic heterocycles. The lowest BCUT2D eigenvalue weighted by Gasteiger charge is -2.40. The third kappa shape index (κ3) is 5.87. The molecule has 9 aromatic rings. The number of ether oxygens (including phenoxy) is 2. The van der Waals surface area contributed by atoms with Gasteiger partial charge in [0.2, 0.25) is 0 Å². The Balaban J connectivity index is 0.854. The van der Waals surface area contributed by atoms with Gasteiger partial charge in [-0.05, 0) is 90.0 Å². The van der Waals surface area contributed by atoms with Crippen LogP contribution in [-0.4, -0.2) is 12.2 Å². The number of thiophene rings is 2. The van der Waals surface area contributed by atoms with E-state index in [4.69, 9.17) is 16.1 Å². The largest absolute Gasteiger partial charge is 0.485 e. The highest BCUT2D eigenvalue weighted by Gasteiger charge is 2.39. The van der Waals surface area contributed by atoms with Gasteiger partial charge in [0.1, 0.15) is 23.7 Å². The lowest BCUT2D eigenvalue weighted by atomic mass is 9.79. The van der Waals surface area contributed by atoms with Crippen LogP contribution < -0.4 is 14.5 Å². The lowest BCUT2D eigenvalue weighted by Crippen LogP contribution is -2.32. The topological polar surface area (TPSA) is 24.9 Å². The van der Waals surface area contributed by atoms with Crippen LogP contribution in [-0.2, 0) is 4.74 Å². The molecule has 0 amide bonds. The fourth-order valence-corrected chi connectivity index (χ4v) is 12.6. The first kappa shape index (κ1) is 37.2. The average molecular weight is 861 g/mol. The molecule has 4 nitrogen and oxygen atoms in total. The van der Waals surface area contributed by atoms with Gasteiger partial charge in [0.15, 0.2) is 0 Å². The number of nitrogens with zero attached hydrogens (tertiary/aromatic N) is 2. The monoisotopic (exact) mass is 860 g/mol. The molecule has 0 saturated heterocycles. The van der Waals surface area contributed by atoms with Gasteiger partial charge in [-0.2, -0.15) is 0 Å². The Morgan fingerprint density at radius 3 is 1.52 bits per heavy atom. The van der Waals surface area contributed by atoms with Gasteiger partial charge in [-0.15, -0.1) is 22.7 Å². The van der Waals surface area contributed by atoms with Crippen LogP contribution >= 0.6 is 22.7 Å². The molecule has 7 aromatic carbocycles. The second-order valence-corrected chi connectivity index (χ2v) is 19.0. The minimum Gasteiger partial charge on any atom is -0.485 e. The fraction of sp³-hybridized carbons (Fsp3) is 0.0690. The molecule has 0 saturated carbocycles. The van der Waals surface area contributed by atoms with E-state index in [1.54, 1.807) is 0 Å². The van der Waals surface area contributed by atoms with E-state index in [2.05, 4.69) is 198 Å². The summed E-state index contributed by atoms with van der Waals surface area (Å²) in [5.74, 6) is 1.46. The molecular formula is C58H40N2O2S2. The van der Waals surface area contributed by atoms with Crippen LogP contribution in [0.25, 0.3) is 57.2 Å². The van der Waals surface area contributed by atoms with Crippen molar-refractivity contribution in [2.45, 2.75) is 25.0 Å². The predicted molar refractivity (Wildman–Crippen MR) is 271 cm³/mol. The van der Waals surface area contributed by atoms with E-state index < -0.39 is 0 Å². The summed E-state index contributed by atoms with van der Waals surface area (Å²) in [7, 11) is 0. The normalized spacial score (nSPS) is 17.6. The van der Waals surface area contributed by atoms with Gasteiger partial charge >= 0.3 is 0 Å². The van der Waals surface area contributed by atoms with Gasteiger partial charge in [0.25, 0.3) is 0 Å². The summed E-state index contributed by atoms with van der Waals surface area (Å²) >= 11 is 3.69. The molecule has 2 atom stereocenters. The van der Waals surface area contributed by atoms with Crippen molar-refractivity contribution in [1.29, 1.82) is 0 Å². The van der Waals surface area contributed by atoms with Crippen molar-refractivity contribution in [3.63, 3.8) is 0 Å². The summed E-state index contributed by atoms with van der Waals surface area (Å²) in [4.78, 5) is 4.75. The summed E-state index contributed by atoms with van der Waals surface area (Å²) in [5.41, 5.74) is 13.0. The molecule has 0 spiro atoms. The Labute approximate surface area is 379 Å². The first-order valence-corrected chi connectivity index (χ1v) is 23.4. The molecule has 0 fully saturated rings. The van der Waals surface area contributed by atoms with Gasteiger partial charge in [-0.25, -0.2) is 0 Å². The molecule has 4 aliphatic rings. The maximum absolute atomic E-state index is 6.99. The van der Waals surface area contributed by atoms with Crippen molar-refractivity contribution < 1.29 is 9.47 Å². The molecule has 2 unspecified atom stereocenters. The Morgan fingerprint density at radius 1 is 0.438 bits per heavy atom. The summed E-state index contributed by atoms with van der Waals surface area (Å²) < 4.78 is 19.0. The highest BCUT2D eigenvalue weighted by atomic mass is 32.1. The molecule has 0 radical (unpaired) electrons. The van der Waals surface area contributed by atoms with Gasteiger partial charge in [-0.1, -0.05) is 116 Å². The minimum absolute atomic E-state index is 0.196. The molecule has 2 aromatic heterocycles. The average Bonchev–Trinajstić information content (AvgIpc) is 3.90. The van der Waals surface area contributed by atoms with Crippen LogP contribution in [0.4, 0.5) is 22.7 Å². The zero-order chi connectivity index (χ0) is 42.5. The van der Waals surface area contributed by atoms with E-state index in [9.17, 15) is 0 Å². The highest BCUT2D eigenvalue weighted by molar-refractivity contribution is 7.26. The highest BCUT2D eigenvalue weighted by Crippen LogP contribution is 2.52. The van der Waals surface area contributed by atoms with E-state index in [0.717, 1.165) is 73.3 Å². The third-order valence-electron chi connectivity index (χ3n) is 13.2. The predicted octanol–water partition coefficient (Wildman–Crippen LogP) is 16.1. The number of hydrogen-bond acceptors (Lipinski definition) is 6. The number of benzene rings is 7. The zero-order valence-electron chi connectivity index (χ0n) is 34.8. The molecule has 4 heterocycles. The van der Waals surface area contributed by atoms with Crippen molar-refractivity contribution >= 4 is 103 Å². The first-order chi connectivity index (χ1) is 31.5. The first-order valence-electron chi connectivity index (χ1n) is 21.8. The Kier molecular flexibility index (Phi) is 8.48. The van der Waals surface area contributed by atoms with Crippen molar-refractivity contribution in [3.05, 3.63) is 229 Å². The van der Waals surface area contributed by atoms with E-state index in [-0.39, 0.29) is 12.2 Å². The Morgan fingerprint density at radius 2 is 0.938 bits per heavy atom. The summed E-state index contributed by atoms with van der Waals surface area (Å²) in [6.45, 7) is 9.30. The maximum Gasteiger partial charge on any atom is 0.130 e. The number of hydrogen-bond donors (Lipinski definition) is 0. The van der Waals surface area contributed by atoms with Crippen molar-refractivity contribution in [2.75, 3.05) is 9.80 Å². The maximum atomic E-state index is 6.99. The van der Waals surface area contributed by atoms with Crippen LogP contribution in [0.15, 0.2) is 212 Å². The molecule has 6 heteroatoms. The van der Waals surface area contributed by atoms with E-state index in [1.807, 2.05) is 22.7 Å². The van der Waals surface area contributed by atoms with Gasteiger partial charge in [0.05, 0.1) is 0 Å². The van der Waals surface area contributed by atoms with Gasteiger partial charge in [-0.3, -0.25) is 0 Å². The van der Waals surface area contributed by atoms with E-state index >= 15 is 0 Å². The summed E-state index contributed by atoms with van der Waals surface area (Å²) in [6, 6.07) is 56.6. The second-order valence-electron chi connectivity index (χ2n) is 16.8. The summed E-state index contributed by atoms with van der Waals surface area (Å²) in [5, 5.41) is 5.18. The second kappa shape index (κ2) is 14.6. The number of allylic oxidation sites excluding steroid dienone is 4. The number of rotatable bonds is 6. The van der Waals surface area contributed by atoms with Gasteiger partial charge < -0.3 is 19.3 Å². The number of para-hydroxylation sites is 2. The quantitative estimate of drug-likeness (QED) is 0.166. The van der Waals surface area contributed by atoms with Crippen LogP contribution in [0, 0.1) is 0 Å². The van der Waals surface area contributed by atoms with Crippen LogP contribution in [0.5, 0.6) is 5.75 Å². The lowest BCUT2D eigenvalue weighted by molar-refractivity contribution is 0.211. The van der Waals surface area contributed by atoms with Crippen LogP contribution in [0.1, 0.15) is 29.5 Å². The van der Waals surface area contributed by atoms with Crippen molar-refractivity contribution in [1.82, 2.24) is 0 Å². The molecule has 2 aliphatic carbocycles. The molecular weight excluding hydrogens is 821 g/mol. The number of anilines is 4. The van der Waals surface area contributed by atoms with Crippen LogP contribution in [0.3, 0.4) is 0 Å². The SMILES string of the molecule is C=C1C2=CC=C(N(c3ccccc3)c3ccc4c(c3)sc3ccccc34)CC2Oc2ccc3c(c21)C(=C)OC1CC(N(c2ccccc2)c2ccc4c(c2)sc2ccccc24)=CC=C31. The Hall–Kier alpha value is -7.38. The number of fused-ring (bicyclic) bond motifs is 12. The molecule has 64 heavy (non-hydrogen) atoms. The molecule has 306 valence electrons. The fourth-order valence-electron chi connectivity index (χ4n) is 10.3. The molecule has 0 bridgehead atoms. The van der Waals surface area contributed by atoms with Crippen molar-refractivity contribution in [3.8, 4) is 5.75 Å². The standard InChI is InChI=1S/C58H40N2O2S2/c1-35-43-25-21-39(59(37-13-5-3-6-14-37)41-23-27-47-45-17-9-11-19-53(45)63-55(47)33-41)31-51(43)62-50-30-29-49-44-26-22-40(32-52(44)61-36(2)58(49)57(35)50)60(38-15-7-4-8-16-38)42-24-28-48-46-18-10-12-20-54(46)64-56(48)34-42/h3-30,33-34,51-52H,1-2,31-32H2. The van der Waals surface area contributed by atoms with Crippen molar-refractivity contribution in [2.24, 2.45) is 0 Å². The summed E-state index contributed by atoms with van der Waals surface area (Å²) in [6.07, 6.45) is 9.95. The smallest absolute Gasteiger partial charge is 0.130 e. The Bertz CT molecular complexity index is 3570. The molecule has 13 rings (SSSR count). The van der Waals surface area contributed by atoms with Crippen LogP contribution in [0.2, 0.25) is 0 Å². The molecule has 0 N–H and O–H groups in total.